The number of hydrogen-bond donors (Lipinski definition) is 3. The van der Waals surface area contributed by atoms with E-state index in [1.54, 1.807) is 0 Å². The molecule has 0 bridgehead atoms. The first-order valence-corrected chi connectivity index (χ1v) is 7.02. The van der Waals surface area contributed by atoms with Crippen LogP contribution in [0.3, 0.4) is 0 Å². The normalized spacial score (nSPS) is 16.8. The van der Waals surface area contributed by atoms with Crippen LogP contribution >= 0.6 is 0 Å². The lowest BCUT2D eigenvalue weighted by atomic mass is 10.2. The number of aromatic nitrogens is 3. The highest BCUT2D eigenvalue weighted by molar-refractivity contribution is 5.57. The molecule has 0 aliphatic carbocycles. The summed E-state index contributed by atoms with van der Waals surface area (Å²) in [6.07, 6.45) is 8.02. The molecule has 5 nitrogen and oxygen atoms in total. The molecule has 1 aliphatic heterocycles. The van der Waals surface area contributed by atoms with Crippen LogP contribution in [0, 0.1) is 0 Å². The minimum atomic E-state index is 1.02. The predicted molar refractivity (Wildman–Crippen MR) is 76.0 cm³/mol. The second-order valence-corrected chi connectivity index (χ2v) is 5.04. The monoisotopic (exact) mass is 259 g/mol. The lowest BCUT2D eigenvalue weighted by molar-refractivity contribution is 0.238. The third-order valence-corrected chi connectivity index (χ3v) is 3.63. The molecule has 2 aromatic rings. The van der Waals surface area contributed by atoms with Crippen LogP contribution in [-0.4, -0.2) is 52.6 Å². The molecular weight excluding hydrogens is 238 g/mol. The van der Waals surface area contributed by atoms with Crippen LogP contribution in [0.1, 0.15) is 12.2 Å². The smallest absolute Gasteiger partial charge is 0.106 e. The minimum Gasteiger partial charge on any atom is -0.367 e. The van der Waals surface area contributed by atoms with Crippen molar-refractivity contribution in [1.29, 1.82) is 0 Å². The van der Waals surface area contributed by atoms with Gasteiger partial charge in [-0.05, 0) is 19.0 Å². The molecule has 0 atom stereocenters. The van der Waals surface area contributed by atoms with Gasteiger partial charge in [-0.3, -0.25) is 0 Å². The largest absolute Gasteiger partial charge is 0.367 e. The lowest BCUT2D eigenvalue weighted by Crippen LogP contribution is -2.43. The number of aromatic amines is 2. The zero-order valence-electron chi connectivity index (χ0n) is 11.2. The Morgan fingerprint density at radius 1 is 1.26 bits per heavy atom. The molecule has 1 saturated heterocycles. The Hall–Kier alpha value is -1.59. The standard InChI is InChI=1S/C14H21N5/c1(7-19-8-5-15-6-9-19)2-14-17-11-13(18-14)12-3-4-16-10-12/h3-4,10-11,15-16H,1-2,5-9H2,(H,17,18). The second kappa shape index (κ2) is 6.04. The van der Waals surface area contributed by atoms with Crippen molar-refractivity contribution < 1.29 is 0 Å². The predicted octanol–water partition coefficient (Wildman–Crippen LogP) is 1.24. The first kappa shape index (κ1) is 12.4. The van der Waals surface area contributed by atoms with Gasteiger partial charge >= 0.3 is 0 Å². The number of rotatable bonds is 5. The van der Waals surface area contributed by atoms with Gasteiger partial charge in [0.25, 0.3) is 0 Å². The van der Waals surface area contributed by atoms with E-state index in [0.717, 1.165) is 31.0 Å². The summed E-state index contributed by atoms with van der Waals surface area (Å²) in [5.41, 5.74) is 2.26. The zero-order valence-corrected chi connectivity index (χ0v) is 11.2. The van der Waals surface area contributed by atoms with Crippen LogP contribution in [0.25, 0.3) is 11.3 Å². The highest BCUT2D eigenvalue weighted by Crippen LogP contribution is 2.16. The van der Waals surface area contributed by atoms with Crippen molar-refractivity contribution in [3.8, 4) is 11.3 Å². The maximum atomic E-state index is 4.45. The molecule has 1 aliphatic rings. The van der Waals surface area contributed by atoms with Gasteiger partial charge in [0.1, 0.15) is 5.82 Å². The summed E-state index contributed by atoms with van der Waals surface area (Å²) in [5.74, 6) is 1.09. The van der Waals surface area contributed by atoms with Crippen LogP contribution in [-0.2, 0) is 6.42 Å². The van der Waals surface area contributed by atoms with E-state index in [1.165, 1.54) is 31.6 Å². The van der Waals surface area contributed by atoms with Crippen LogP contribution in [0.2, 0.25) is 0 Å². The van der Waals surface area contributed by atoms with Crippen molar-refractivity contribution in [2.75, 3.05) is 32.7 Å². The van der Waals surface area contributed by atoms with Gasteiger partial charge in [0, 0.05) is 50.6 Å². The quantitative estimate of drug-likeness (QED) is 0.757. The molecule has 3 heterocycles. The lowest BCUT2D eigenvalue weighted by Gasteiger charge is -2.26. The van der Waals surface area contributed by atoms with Gasteiger partial charge in [-0.2, -0.15) is 0 Å². The fraction of sp³-hybridized carbons (Fsp3) is 0.500. The van der Waals surface area contributed by atoms with Crippen LogP contribution in [0.4, 0.5) is 0 Å². The third kappa shape index (κ3) is 3.24. The minimum absolute atomic E-state index is 1.02. The molecule has 5 heteroatoms. The molecule has 0 amide bonds. The molecule has 102 valence electrons. The average molecular weight is 259 g/mol. The number of piperazine rings is 1. The van der Waals surface area contributed by atoms with E-state index in [2.05, 4.69) is 31.2 Å². The fourth-order valence-corrected chi connectivity index (χ4v) is 2.53. The molecule has 0 spiro atoms. The molecule has 2 aromatic heterocycles. The van der Waals surface area contributed by atoms with Crippen molar-refractivity contribution in [2.45, 2.75) is 12.8 Å². The van der Waals surface area contributed by atoms with Crippen molar-refractivity contribution in [3.05, 3.63) is 30.5 Å². The molecule has 3 rings (SSSR count). The van der Waals surface area contributed by atoms with E-state index >= 15 is 0 Å². The van der Waals surface area contributed by atoms with Crippen molar-refractivity contribution in [3.63, 3.8) is 0 Å². The molecule has 3 N–H and O–H groups in total. The molecule has 0 radical (unpaired) electrons. The van der Waals surface area contributed by atoms with Gasteiger partial charge in [-0.25, -0.2) is 4.98 Å². The zero-order chi connectivity index (χ0) is 12.9. The molecule has 19 heavy (non-hydrogen) atoms. The Labute approximate surface area is 113 Å². The Morgan fingerprint density at radius 2 is 2.16 bits per heavy atom. The third-order valence-electron chi connectivity index (χ3n) is 3.63. The molecule has 0 aromatic carbocycles. The van der Waals surface area contributed by atoms with Gasteiger partial charge in [-0.15, -0.1) is 0 Å². The number of H-pyrrole nitrogens is 2. The van der Waals surface area contributed by atoms with E-state index in [-0.39, 0.29) is 0 Å². The number of nitrogens with zero attached hydrogens (tertiary/aromatic N) is 2. The van der Waals surface area contributed by atoms with Gasteiger partial charge in [0.2, 0.25) is 0 Å². The Kier molecular flexibility index (Phi) is 3.95. The van der Waals surface area contributed by atoms with Gasteiger partial charge in [0.15, 0.2) is 0 Å². The highest BCUT2D eigenvalue weighted by Gasteiger charge is 2.09. The van der Waals surface area contributed by atoms with E-state index < -0.39 is 0 Å². The van der Waals surface area contributed by atoms with Crippen molar-refractivity contribution in [2.24, 2.45) is 0 Å². The van der Waals surface area contributed by atoms with E-state index in [0.29, 0.717) is 0 Å². The number of hydrogen-bond acceptors (Lipinski definition) is 3. The Morgan fingerprint density at radius 3 is 2.95 bits per heavy atom. The number of nitrogens with one attached hydrogen (secondary N) is 3. The second-order valence-electron chi connectivity index (χ2n) is 5.04. The van der Waals surface area contributed by atoms with Gasteiger partial charge < -0.3 is 20.2 Å². The summed E-state index contributed by atoms with van der Waals surface area (Å²) >= 11 is 0. The van der Waals surface area contributed by atoms with Crippen LogP contribution in [0.5, 0.6) is 0 Å². The van der Waals surface area contributed by atoms with Gasteiger partial charge in [-0.1, -0.05) is 0 Å². The molecule has 1 fully saturated rings. The average Bonchev–Trinajstić information content (AvgIpc) is 3.10. The SMILES string of the molecule is c1cc(-c2cnc(CCCN3CCNCC3)[nH]2)c[nH]1. The van der Waals surface area contributed by atoms with E-state index in [9.17, 15) is 0 Å². The molecular formula is C14H21N5. The first-order chi connectivity index (χ1) is 9.42. The first-order valence-electron chi connectivity index (χ1n) is 7.02. The summed E-state index contributed by atoms with van der Waals surface area (Å²) < 4.78 is 0. The van der Waals surface area contributed by atoms with Crippen LogP contribution in [0.15, 0.2) is 24.7 Å². The number of aryl methyl sites for hydroxylation is 1. The van der Waals surface area contributed by atoms with E-state index in [4.69, 9.17) is 0 Å². The van der Waals surface area contributed by atoms with Crippen molar-refractivity contribution in [1.82, 2.24) is 25.2 Å². The fourth-order valence-electron chi connectivity index (χ4n) is 2.53. The van der Waals surface area contributed by atoms with Crippen LogP contribution < -0.4 is 5.32 Å². The molecule has 0 unspecified atom stereocenters. The number of imidazole rings is 1. The topological polar surface area (TPSA) is 59.7 Å². The maximum absolute atomic E-state index is 4.45. The van der Waals surface area contributed by atoms with E-state index in [1.807, 2.05) is 18.6 Å². The van der Waals surface area contributed by atoms with Crippen molar-refractivity contribution >= 4 is 0 Å². The summed E-state index contributed by atoms with van der Waals surface area (Å²) in [6.45, 7) is 5.76. The molecule has 0 saturated carbocycles. The summed E-state index contributed by atoms with van der Waals surface area (Å²) in [6, 6.07) is 2.05. The summed E-state index contributed by atoms with van der Waals surface area (Å²) in [7, 11) is 0. The Balaban J connectivity index is 1.48. The maximum Gasteiger partial charge on any atom is 0.106 e. The Bertz CT molecular complexity index is 482. The summed E-state index contributed by atoms with van der Waals surface area (Å²) in [5, 5.41) is 3.38. The van der Waals surface area contributed by atoms with Gasteiger partial charge in [0.05, 0.1) is 11.9 Å². The highest BCUT2D eigenvalue weighted by atomic mass is 15.2. The summed E-state index contributed by atoms with van der Waals surface area (Å²) in [4.78, 5) is 13.4.